The number of aliphatic hydroxyl groups is 1. The van der Waals surface area contributed by atoms with Crippen LogP contribution in [-0.2, 0) is 6.42 Å². The molecule has 0 aliphatic rings. The fourth-order valence-corrected chi connectivity index (χ4v) is 3.30. The van der Waals surface area contributed by atoms with Crippen molar-refractivity contribution in [3.8, 4) is 22.9 Å². The van der Waals surface area contributed by atoms with Crippen LogP contribution in [-0.4, -0.2) is 40.4 Å². The van der Waals surface area contributed by atoms with Crippen LogP contribution in [0.4, 0.5) is 0 Å². The minimum atomic E-state index is -0.289. The number of methoxy groups -OCH3 is 1. The molecule has 0 spiro atoms. The van der Waals surface area contributed by atoms with Crippen LogP contribution in [0.1, 0.15) is 44.0 Å². The van der Waals surface area contributed by atoms with E-state index in [2.05, 4.69) is 21.9 Å². The highest BCUT2D eigenvalue weighted by Gasteiger charge is 2.15. The van der Waals surface area contributed by atoms with E-state index in [4.69, 9.17) is 14.6 Å². The van der Waals surface area contributed by atoms with Crippen molar-refractivity contribution in [2.75, 3.05) is 20.3 Å². The molecular formula is C23H31N3O4. The van der Waals surface area contributed by atoms with Crippen LogP contribution >= 0.6 is 0 Å². The number of ether oxygens (including phenoxy) is 2. The molecule has 3 aromatic rings. The monoisotopic (exact) mass is 413 g/mol. The topological polar surface area (TPSA) is 97.3 Å². The lowest BCUT2D eigenvalue weighted by atomic mass is 10.0. The third-order valence-electron chi connectivity index (χ3n) is 4.49. The standard InChI is InChI=1S/C21H25N3O4.C2H6/c1-5-6-15-11-16(27-4)17-20(22-15)23-19(24-21(17)26)14-9-12(2)18(13(3)10-14)28-8-7-25;1-2/h9-11,25H,5-8H2,1-4H3,(H,22,23,24,26);1-2H3. The lowest BCUT2D eigenvalue weighted by Gasteiger charge is -2.14. The molecule has 7 nitrogen and oxygen atoms in total. The first-order valence-corrected chi connectivity index (χ1v) is 10.3. The van der Waals surface area contributed by atoms with E-state index in [9.17, 15) is 4.79 Å². The minimum absolute atomic E-state index is 0.0478. The van der Waals surface area contributed by atoms with Crippen LogP contribution in [0.5, 0.6) is 11.5 Å². The molecule has 2 N–H and O–H groups in total. The maximum atomic E-state index is 12.7. The summed E-state index contributed by atoms with van der Waals surface area (Å²) < 4.78 is 11.0. The average Bonchev–Trinajstić information content (AvgIpc) is 2.74. The second-order valence-corrected chi connectivity index (χ2v) is 6.69. The lowest BCUT2D eigenvalue weighted by molar-refractivity contribution is 0.200. The van der Waals surface area contributed by atoms with Crippen LogP contribution in [0.15, 0.2) is 23.0 Å². The Kier molecular flexibility index (Phi) is 8.35. The number of aromatic nitrogens is 3. The average molecular weight is 414 g/mol. The van der Waals surface area contributed by atoms with Crippen molar-refractivity contribution >= 4 is 11.0 Å². The summed E-state index contributed by atoms with van der Waals surface area (Å²) in [6.07, 6.45) is 1.72. The van der Waals surface area contributed by atoms with Gasteiger partial charge in [0.25, 0.3) is 5.56 Å². The molecule has 162 valence electrons. The zero-order valence-corrected chi connectivity index (χ0v) is 18.6. The van der Waals surface area contributed by atoms with Crippen molar-refractivity contribution in [2.45, 2.75) is 47.5 Å². The number of H-pyrrole nitrogens is 1. The molecule has 7 heteroatoms. The number of aryl methyl sites for hydroxylation is 3. The molecule has 3 rings (SSSR count). The van der Waals surface area contributed by atoms with Crippen LogP contribution < -0.4 is 15.0 Å². The number of benzene rings is 1. The number of nitrogens with zero attached hydrogens (tertiary/aromatic N) is 2. The van der Waals surface area contributed by atoms with Crippen LogP contribution in [0.2, 0.25) is 0 Å². The Balaban J connectivity index is 0.00000155. The summed E-state index contributed by atoms with van der Waals surface area (Å²) in [7, 11) is 1.54. The van der Waals surface area contributed by atoms with Gasteiger partial charge in [-0.1, -0.05) is 27.2 Å². The van der Waals surface area contributed by atoms with Gasteiger partial charge < -0.3 is 19.6 Å². The molecule has 30 heavy (non-hydrogen) atoms. The SMILES string of the molecule is CC.CCCc1cc(OC)c2c(=O)[nH]c(-c3cc(C)c(OCCO)c(C)c3)nc2n1. The second kappa shape index (κ2) is 10.7. The van der Waals surface area contributed by atoms with Gasteiger partial charge in [0.15, 0.2) is 5.65 Å². The number of nitrogens with one attached hydrogen (secondary N) is 1. The molecule has 0 fully saturated rings. The van der Waals surface area contributed by atoms with E-state index >= 15 is 0 Å². The highest BCUT2D eigenvalue weighted by Crippen LogP contribution is 2.29. The predicted octanol–water partition coefficient (Wildman–Crippen LogP) is 3.96. The Morgan fingerprint density at radius 2 is 1.77 bits per heavy atom. The Hall–Kier alpha value is -2.93. The quantitative estimate of drug-likeness (QED) is 0.608. The van der Waals surface area contributed by atoms with Crippen molar-refractivity contribution in [3.63, 3.8) is 0 Å². The van der Waals surface area contributed by atoms with E-state index in [-0.39, 0.29) is 18.8 Å². The Morgan fingerprint density at radius 1 is 1.10 bits per heavy atom. The number of fused-ring (bicyclic) bond motifs is 1. The highest BCUT2D eigenvalue weighted by atomic mass is 16.5. The predicted molar refractivity (Wildman–Crippen MR) is 120 cm³/mol. The molecule has 0 amide bonds. The molecule has 1 aromatic carbocycles. The van der Waals surface area contributed by atoms with Gasteiger partial charge in [0.2, 0.25) is 0 Å². The first-order valence-electron chi connectivity index (χ1n) is 10.3. The van der Waals surface area contributed by atoms with Crippen molar-refractivity contribution < 1.29 is 14.6 Å². The van der Waals surface area contributed by atoms with Gasteiger partial charge in [0.1, 0.15) is 29.3 Å². The maximum absolute atomic E-state index is 12.7. The van der Waals surface area contributed by atoms with Crippen molar-refractivity contribution in [2.24, 2.45) is 0 Å². The first kappa shape index (κ1) is 23.3. The number of hydrogen-bond acceptors (Lipinski definition) is 6. The fraction of sp³-hybridized carbons (Fsp3) is 0.435. The van der Waals surface area contributed by atoms with Gasteiger partial charge in [-0.25, -0.2) is 9.97 Å². The third-order valence-corrected chi connectivity index (χ3v) is 4.49. The molecular weight excluding hydrogens is 382 g/mol. The van der Waals surface area contributed by atoms with E-state index in [1.807, 2.05) is 39.8 Å². The third kappa shape index (κ3) is 4.97. The van der Waals surface area contributed by atoms with E-state index < -0.39 is 0 Å². The molecule has 0 aliphatic heterocycles. The van der Waals surface area contributed by atoms with Gasteiger partial charge in [0.05, 0.1) is 13.7 Å². The number of aliphatic hydroxyl groups excluding tert-OH is 1. The largest absolute Gasteiger partial charge is 0.496 e. The molecule has 2 heterocycles. The Bertz CT molecular complexity index is 1040. The molecule has 0 radical (unpaired) electrons. The molecule has 0 saturated carbocycles. The Morgan fingerprint density at radius 3 is 2.33 bits per heavy atom. The summed E-state index contributed by atoms with van der Waals surface area (Å²) in [4.78, 5) is 24.7. The van der Waals surface area contributed by atoms with E-state index in [1.165, 1.54) is 7.11 Å². The summed E-state index contributed by atoms with van der Waals surface area (Å²) in [6, 6.07) is 5.60. The van der Waals surface area contributed by atoms with Crippen molar-refractivity contribution in [3.05, 3.63) is 45.4 Å². The molecule has 0 aliphatic carbocycles. The smallest absolute Gasteiger partial charge is 0.264 e. The van der Waals surface area contributed by atoms with E-state index in [1.54, 1.807) is 6.07 Å². The van der Waals surface area contributed by atoms with Crippen LogP contribution in [0, 0.1) is 13.8 Å². The van der Waals surface area contributed by atoms with Crippen molar-refractivity contribution in [1.82, 2.24) is 15.0 Å². The summed E-state index contributed by atoms with van der Waals surface area (Å²) in [5.41, 5.74) is 3.50. The van der Waals surface area contributed by atoms with E-state index in [0.717, 1.165) is 41.0 Å². The Labute approximate surface area is 177 Å². The lowest BCUT2D eigenvalue weighted by Crippen LogP contribution is -2.13. The summed E-state index contributed by atoms with van der Waals surface area (Å²) in [5, 5.41) is 9.33. The summed E-state index contributed by atoms with van der Waals surface area (Å²) in [6.45, 7) is 10.1. The molecule has 0 bridgehead atoms. The van der Waals surface area contributed by atoms with Gasteiger partial charge in [0, 0.05) is 17.3 Å². The molecule has 0 atom stereocenters. The van der Waals surface area contributed by atoms with Gasteiger partial charge in [-0.2, -0.15) is 0 Å². The molecule has 2 aromatic heterocycles. The van der Waals surface area contributed by atoms with Crippen LogP contribution in [0.25, 0.3) is 22.4 Å². The number of rotatable bonds is 7. The molecule has 0 saturated heterocycles. The number of pyridine rings is 1. The second-order valence-electron chi connectivity index (χ2n) is 6.69. The fourth-order valence-electron chi connectivity index (χ4n) is 3.30. The van der Waals surface area contributed by atoms with Crippen molar-refractivity contribution in [1.29, 1.82) is 0 Å². The number of hydrogen-bond donors (Lipinski definition) is 2. The highest BCUT2D eigenvalue weighted by molar-refractivity contribution is 5.82. The van der Waals surface area contributed by atoms with Crippen LogP contribution in [0.3, 0.4) is 0 Å². The van der Waals surface area contributed by atoms with E-state index in [0.29, 0.717) is 22.6 Å². The summed E-state index contributed by atoms with van der Waals surface area (Å²) >= 11 is 0. The zero-order valence-electron chi connectivity index (χ0n) is 18.6. The zero-order chi connectivity index (χ0) is 22.3. The van der Waals surface area contributed by atoms with Gasteiger partial charge in [-0.05, 0) is 43.5 Å². The minimum Gasteiger partial charge on any atom is -0.496 e. The van der Waals surface area contributed by atoms with Gasteiger partial charge in [-0.3, -0.25) is 4.79 Å². The van der Waals surface area contributed by atoms with Gasteiger partial charge >= 0.3 is 0 Å². The maximum Gasteiger partial charge on any atom is 0.264 e. The number of aromatic amines is 1. The van der Waals surface area contributed by atoms with Gasteiger partial charge in [-0.15, -0.1) is 0 Å². The normalized spacial score (nSPS) is 10.5. The first-order chi connectivity index (χ1) is 14.5. The molecule has 0 unspecified atom stereocenters. The summed E-state index contributed by atoms with van der Waals surface area (Å²) in [5.74, 6) is 1.65.